The molecule has 8 nitrogen and oxygen atoms in total. The molecule has 1 aromatic heterocycles. The first-order chi connectivity index (χ1) is 13.9. The number of nitrogens with zero attached hydrogens (tertiary/aromatic N) is 5. The zero-order valence-corrected chi connectivity index (χ0v) is 16.7. The van der Waals surface area contributed by atoms with Gasteiger partial charge in [-0.25, -0.2) is 4.39 Å². The predicted molar refractivity (Wildman–Crippen MR) is 103 cm³/mol. The van der Waals surface area contributed by atoms with Gasteiger partial charge in [0, 0.05) is 25.7 Å². The van der Waals surface area contributed by atoms with Crippen LogP contribution in [0.4, 0.5) is 4.39 Å². The Balaban J connectivity index is 1.40. The minimum atomic E-state index is -0.361. The second-order valence-corrected chi connectivity index (χ2v) is 7.88. The molecular weight excluding hydrogens is 377 g/mol. The van der Waals surface area contributed by atoms with Crippen molar-refractivity contribution in [2.75, 3.05) is 19.7 Å². The number of benzene rings is 1. The van der Waals surface area contributed by atoms with Crippen molar-refractivity contribution in [2.24, 2.45) is 0 Å². The van der Waals surface area contributed by atoms with Crippen LogP contribution < -0.4 is 4.74 Å². The van der Waals surface area contributed by atoms with Gasteiger partial charge in [0.15, 0.2) is 18.3 Å². The molecule has 1 aromatic carbocycles. The zero-order chi connectivity index (χ0) is 20.5. The lowest BCUT2D eigenvalue weighted by molar-refractivity contribution is -0.134. The number of aliphatic hydroxyl groups excluding tert-OH is 1. The Morgan fingerprint density at radius 2 is 2.03 bits per heavy atom. The van der Waals surface area contributed by atoms with Crippen LogP contribution in [0.1, 0.15) is 38.0 Å². The first kappa shape index (κ1) is 19.8. The van der Waals surface area contributed by atoms with Crippen molar-refractivity contribution in [3.63, 3.8) is 0 Å². The van der Waals surface area contributed by atoms with E-state index in [2.05, 4.69) is 33.5 Å². The fourth-order valence-electron chi connectivity index (χ4n) is 4.07. The van der Waals surface area contributed by atoms with Crippen LogP contribution in [-0.4, -0.2) is 67.4 Å². The molecule has 2 aliphatic rings. The van der Waals surface area contributed by atoms with E-state index in [1.165, 1.54) is 24.3 Å². The number of β-amino-alcohol motifs (C(OH)–C–C–N with tert-alkyl or cyclic N) is 1. The van der Waals surface area contributed by atoms with Crippen LogP contribution in [0.3, 0.4) is 0 Å². The highest BCUT2D eigenvalue weighted by molar-refractivity contribution is 5.77. The Hall–Kier alpha value is -2.52. The zero-order valence-electron chi connectivity index (χ0n) is 16.7. The number of ether oxygens (including phenoxy) is 1. The molecule has 9 heteroatoms. The average molecular weight is 403 g/mol. The topological polar surface area (TPSA) is 83.7 Å². The molecular formula is C20H26FN5O3. The van der Waals surface area contributed by atoms with Gasteiger partial charge < -0.3 is 19.3 Å². The van der Waals surface area contributed by atoms with Crippen LogP contribution in [0.2, 0.25) is 0 Å². The fraction of sp³-hybridized carbons (Fsp3) is 0.550. The molecule has 1 saturated heterocycles. The lowest BCUT2D eigenvalue weighted by atomic mass is 10.1. The van der Waals surface area contributed by atoms with E-state index in [-0.39, 0.29) is 30.5 Å². The molecule has 0 aliphatic carbocycles. The summed E-state index contributed by atoms with van der Waals surface area (Å²) in [5, 5.41) is 18.8. The smallest absolute Gasteiger partial charge is 0.260 e. The predicted octanol–water partition coefficient (Wildman–Crippen LogP) is 1.35. The van der Waals surface area contributed by atoms with Crippen LogP contribution in [0.5, 0.6) is 5.75 Å². The van der Waals surface area contributed by atoms with Gasteiger partial charge in [0.25, 0.3) is 5.91 Å². The Morgan fingerprint density at radius 1 is 1.28 bits per heavy atom. The van der Waals surface area contributed by atoms with Crippen LogP contribution >= 0.6 is 0 Å². The molecule has 0 unspecified atom stereocenters. The van der Waals surface area contributed by atoms with Crippen LogP contribution in [-0.2, 0) is 17.9 Å². The van der Waals surface area contributed by atoms with E-state index < -0.39 is 0 Å². The molecule has 156 valence electrons. The van der Waals surface area contributed by atoms with E-state index in [0.717, 1.165) is 11.6 Å². The van der Waals surface area contributed by atoms with E-state index in [1.807, 2.05) is 0 Å². The molecule has 1 amide bonds. The second-order valence-electron chi connectivity index (χ2n) is 7.88. The normalized spacial score (nSPS) is 22.2. The van der Waals surface area contributed by atoms with E-state index in [9.17, 15) is 14.3 Å². The van der Waals surface area contributed by atoms with Crippen molar-refractivity contribution < 1.29 is 19.0 Å². The van der Waals surface area contributed by atoms with Gasteiger partial charge in [-0.15, -0.1) is 10.2 Å². The summed E-state index contributed by atoms with van der Waals surface area (Å²) in [6, 6.07) is 5.93. The minimum absolute atomic E-state index is 0.0373. The highest BCUT2D eigenvalue weighted by atomic mass is 19.1. The molecule has 0 bridgehead atoms. The van der Waals surface area contributed by atoms with E-state index in [0.29, 0.717) is 44.4 Å². The number of hydrogen-bond donors (Lipinski definition) is 1. The van der Waals surface area contributed by atoms with E-state index in [4.69, 9.17) is 4.74 Å². The molecule has 0 radical (unpaired) electrons. The number of fused-ring (bicyclic) bond motifs is 1. The monoisotopic (exact) mass is 403 g/mol. The number of carbonyl (C=O) groups is 1. The Morgan fingerprint density at radius 3 is 2.76 bits per heavy atom. The number of rotatable bonds is 5. The average Bonchev–Trinajstić information content (AvgIpc) is 3.30. The number of hydrogen-bond acceptors (Lipinski definition) is 6. The van der Waals surface area contributed by atoms with Crippen molar-refractivity contribution in [3.05, 3.63) is 41.7 Å². The van der Waals surface area contributed by atoms with Crippen molar-refractivity contribution in [3.8, 4) is 5.75 Å². The third-order valence-electron chi connectivity index (χ3n) is 5.59. The third kappa shape index (κ3) is 4.11. The fourth-order valence-corrected chi connectivity index (χ4v) is 4.07. The van der Waals surface area contributed by atoms with Gasteiger partial charge in [-0.2, -0.15) is 0 Å². The maximum absolute atomic E-state index is 13.0. The van der Waals surface area contributed by atoms with Crippen LogP contribution in [0.15, 0.2) is 24.3 Å². The van der Waals surface area contributed by atoms with Crippen molar-refractivity contribution in [2.45, 2.75) is 51.5 Å². The number of aromatic nitrogens is 3. The van der Waals surface area contributed by atoms with E-state index in [1.54, 1.807) is 4.90 Å². The SMILES string of the molecule is CC(C)N1C[C@@H](O)C[C@H]1c1nnc2n1CCN(C(=O)COc1ccc(F)cc1)C2. The Labute approximate surface area is 168 Å². The summed E-state index contributed by atoms with van der Waals surface area (Å²) in [5.41, 5.74) is 0. The number of carbonyl (C=O) groups excluding carboxylic acids is 1. The number of aliphatic hydroxyl groups is 1. The highest BCUT2D eigenvalue weighted by Gasteiger charge is 2.38. The summed E-state index contributed by atoms with van der Waals surface area (Å²) in [6.07, 6.45) is 0.283. The molecule has 2 atom stereocenters. The van der Waals surface area contributed by atoms with Gasteiger partial charge in [-0.1, -0.05) is 0 Å². The minimum Gasteiger partial charge on any atom is -0.484 e. The van der Waals surface area contributed by atoms with E-state index >= 15 is 0 Å². The Bertz CT molecular complexity index is 870. The maximum atomic E-state index is 13.0. The molecule has 29 heavy (non-hydrogen) atoms. The van der Waals surface area contributed by atoms with Gasteiger partial charge in [-0.05, 0) is 44.5 Å². The molecule has 1 fully saturated rings. The summed E-state index contributed by atoms with van der Waals surface area (Å²) in [5.74, 6) is 1.56. The molecule has 0 spiro atoms. The first-order valence-electron chi connectivity index (χ1n) is 9.94. The summed E-state index contributed by atoms with van der Waals surface area (Å²) >= 11 is 0. The Kier molecular flexibility index (Phi) is 5.51. The summed E-state index contributed by atoms with van der Waals surface area (Å²) in [6.45, 7) is 6.27. The van der Waals surface area contributed by atoms with Gasteiger partial charge in [0.05, 0.1) is 18.7 Å². The summed E-state index contributed by atoms with van der Waals surface area (Å²) in [4.78, 5) is 16.5. The second kappa shape index (κ2) is 8.08. The van der Waals surface area contributed by atoms with Crippen molar-refractivity contribution >= 4 is 5.91 Å². The highest BCUT2D eigenvalue weighted by Crippen LogP contribution is 2.33. The molecule has 1 N–H and O–H groups in total. The lowest BCUT2D eigenvalue weighted by Gasteiger charge is -2.31. The number of likely N-dealkylation sites (tertiary alicyclic amines) is 1. The third-order valence-corrected chi connectivity index (χ3v) is 5.59. The largest absolute Gasteiger partial charge is 0.484 e. The summed E-state index contributed by atoms with van der Waals surface area (Å²) in [7, 11) is 0. The number of halogens is 1. The lowest BCUT2D eigenvalue weighted by Crippen LogP contribution is -2.41. The summed E-state index contributed by atoms with van der Waals surface area (Å²) < 4.78 is 20.5. The molecule has 2 aliphatic heterocycles. The van der Waals surface area contributed by atoms with Crippen molar-refractivity contribution in [1.29, 1.82) is 0 Å². The van der Waals surface area contributed by atoms with Gasteiger partial charge >= 0.3 is 0 Å². The molecule has 3 heterocycles. The van der Waals surface area contributed by atoms with Crippen molar-refractivity contribution in [1.82, 2.24) is 24.6 Å². The maximum Gasteiger partial charge on any atom is 0.260 e. The molecule has 4 rings (SSSR count). The van der Waals surface area contributed by atoms with Crippen LogP contribution in [0, 0.1) is 5.82 Å². The quantitative estimate of drug-likeness (QED) is 0.812. The molecule has 0 saturated carbocycles. The first-order valence-corrected chi connectivity index (χ1v) is 9.94. The van der Waals surface area contributed by atoms with Gasteiger partial charge in [-0.3, -0.25) is 9.69 Å². The number of amides is 1. The van der Waals surface area contributed by atoms with Gasteiger partial charge in [0.2, 0.25) is 0 Å². The van der Waals surface area contributed by atoms with Crippen LogP contribution in [0.25, 0.3) is 0 Å². The van der Waals surface area contributed by atoms with Gasteiger partial charge in [0.1, 0.15) is 11.6 Å². The standard InChI is InChI=1S/C20H26FN5O3/c1-13(2)26-10-15(27)9-17(26)20-23-22-18-11-24(7-8-25(18)20)19(28)12-29-16-5-3-14(21)4-6-16/h3-6,13,15,17,27H,7-12H2,1-2H3/t15-,17-/m0/s1. The molecule has 2 aromatic rings.